The number of phosphoric acid groups is 2. The topological polar surface area (TPSA) is 237 Å². The van der Waals surface area contributed by atoms with Crippen LogP contribution in [0.3, 0.4) is 0 Å². The van der Waals surface area contributed by atoms with Crippen LogP contribution in [0, 0.1) is 11.8 Å². The van der Waals surface area contributed by atoms with Crippen LogP contribution in [0.2, 0.25) is 0 Å². The van der Waals surface area contributed by atoms with E-state index in [0.29, 0.717) is 37.5 Å². The number of aliphatic hydroxyl groups excluding tert-OH is 1. The monoisotopic (exact) mass is 1330 g/mol. The molecule has 0 saturated carbocycles. The maximum absolute atomic E-state index is 13.0. The number of phosphoric ester groups is 2. The van der Waals surface area contributed by atoms with E-state index >= 15 is 0 Å². The third kappa shape index (κ3) is 66.0. The molecule has 19 heteroatoms. The molecule has 0 spiro atoms. The second kappa shape index (κ2) is 63.6. The van der Waals surface area contributed by atoms with Crippen molar-refractivity contribution in [1.29, 1.82) is 0 Å². The molecule has 17 nitrogen and oxygen atoms in total. The zero-order valence-electron chi connectivity index (χ0n) is 58.6. The van der Waals surface area contributed by atoms with Crippen LogP contribution >= 0.6 is 15.6 Å². The standard InChI is InChI=1S/C72H136O17P2/c1-7-9-11-13-15-17-19-21-23-24-26-28-30-32-36-44-50-56-71(76)88-67(60-82-69(74)54-48-42-35-31-29-27-25-22-20-18-16-14-12-10-8-2)62-86-90(78,79)84-58-66(73)59-85-91(80,81)87-63-68(61-83-70(75)55-49-43-39-38-41-47-53-65(5)6)89-72(77)57-51-45-37-33-34-40-46-52-64(3)4/h18,20,22,25,64-68,73H,7-17,19,21,23-24,26-63H2,1-6H3,(H,78,79)(H,80,81)/b20-18-,25-22-/t66-,67-,68-/m1/s1. The molecule has 0 aliphatic heterocycles. The number of esters is 4. The fourth-order valence-corrected chi connectivity index (χ4v) is 12.0. The van der Waals surface area contributed by atoms with Crippen molar-refractivity contribution in [2.75, 3.05) is 39.6 Å². The quantitative estimate of drug-likeness (QED) is 0.0169. The molecule has 0 heterocycles. The maximum Gasteiger partial charge on any atom is 0.472 e. The predicted molar refractivity (Wildman–Crippen MR) is 367 cm³/mol. The van der Waals surface area contributed by atoms with E-state index in [1.54, 1.807) is 0 Å². The molecule has 0 bridgehead atoms. The van der Waals surface area contributed by atoms with Gasteiger partial charge < -0.3 is 33.8 Å². The molecule has 0 amide bonds. The van der Waals surface area contributed by atoms with Crippen LogP contribution in [-0.2, 0) is 65.4 Å². The lowest BCUT2D eigenvalue weighted by molar-refractivity contribution is -0.161. The summed E-state index contributed by atoms with van der Waals surface area (Å²) in [5.41, 5.74) is 0. The van der Waals surface area contributed by atoms with Gasteiger partial charge in [-0.05, 0) is 63.2 Å². The van der Waals surface area contributed by atoms with Crippen LogP contribution in [0.1, 0.15) is 343 Å². The zero-order valence-corrected chi connectivity index (χ0v) is 60.4. The molecule has 3 N–H and O–H groups in total. The van der Waals surface area contributed by atoms with Gasteiger partial charge in [-0.1, -0.05) is 291 Å². The van der Waals surface area contributed by atoms with Crippen LogP contribution in [0.5, 0.6) is 0 Å². The third-order valence-electron chi connectivity index (χ3n) is 16.1. The summed E-state index contributed by atoms with van der Waals surface area (Å²) < 4.78 is 68.2. The van der Waals surface area contributed by atoms with Gasteiger partial charge in [-0.15, -0.1) is 0 Å². The van der Waals surface area contributed by atoms with E-state index in [2.05, 4.69) is 65.8 Å². The van der Waals surface area contributed by atoms with Gasteiger partial charge in [-0.25, -0.2) is 9.13 Å². The summed E-state index contributed by atoms with van der Waals surface area (Å²) in [6.45, 7) is 9.34. The number of carbonyl (C=O) groups excluding carboxylic acids is 4. The molecular formula is C72H136O17P2. The van der Waals surface area contributed by atoms with Crippen molar-refractivity contribution < 1.29 is 80.2 Å². The molecule has 0 rings (SSSR count). The number of rotatable bonds is 69. The smallest absolute Gasteiger partial charge is 0.462 e. The lowest BCUT2D eigenvalue weighted by Crippen LogP contribution is -2.30. The van der Waals surface area contributed by atoms with Crippen LogP contribution in [0.4, 0.5) is 0 Å². The van der Waals surface area contributed by atoms with Crippen LogP contribution in [-0.4, -0.2) is 96.7 Å². The lowest BCUT2D eigenvalue weighted by Gasteiger charge is -2.21. The Hall–Kier alpha value is -2.46. The van der Waals surface area contributed by atoms with Gasteiger partial charge in [-0.3, -0.25) is 37.3 Å². The Labute approximate surface area is 554 Å². The van der Waals surface area contributed by atoms with Crippen molar-refractivity contribution in [3.8, 4) is 0 Å². The van der Waals surface area contributed by atoms with Crippen molar-refractivity contribution in [3.63, 3.8) is 0 Å². The highest BCUT2D eigenvalue weighted by Crippen LogP contribution is 2.45. The molecule has 0 radical (unpaired) electrons. The van der Waals surface area contributed by atoms with Gasteiger partial charge in [0.25, 0.3) is 0 Å². The van der Waals surface area contributed by atoms with Crippen LogP contribution in [0.25, 0.3) is 0 Å². The van der Waals surface area contributed by atoms with Crippen molar-refractivity contribution in [2.24, 2.45) is 11.8 Å². The molecule has 5 atom stereocenters. The lowest BCUT2D eigenvalue weighted by atomic mass is 10.0. The van der Waals surface area contributed by atoms with E-state index in [1.165, 1.54) is 135 Å². The molecule has 0 aromatic heterocycles. The molecule has 536 valence electrons. The first kappa shape index (κ1) is 88.5. The maximum atomic E-state index is 13.0. The molecule has 0 saturated heterocycles. The van der Waals surface area contributed by atoms with Crippen LogP contribution in [0.15, 0.2) is 24.3 Å². The molecule has 0 aliphatic carbocycles. The average Bonchev–Trinajstić information content (AvgIpc) is 3.57. The first-order valence-electron chi connectivity index (χ1n) is 36.8. The van der Waals surface area contributed by atoms with Gasteiger partial charge in [0.15, 0.2) is 12.2 Å². The second-order valence-corrected chi connectivity index (χ2v) is 29.2. The first-order valence-corrected chi connectivity index (χ1v) is 39.8. The van der Waals surface area contributed by atoms with Crippen molar-refractivity contribution >= 4 is 39.5 Å². The number of carbonyl (C=O) groups is 4. The normalized spacial score (nSPS) is 14.3. The Bertz CT molecular complexity index is 1860. The summed E-state index contributed by atoms with van der Waals surface area (Å²) in [4.78, 5) is 72.5. The second-order valence-electron chi connectivity index (χ2n) is 26.2. The van der Waals surface area contributed by atoms with Gasteiger partial charge in [0.1, 0.15) is 19.3 Å². The summed E-state index contributed by atoms with van der Waals surface area (Å²) in [6, 6.07) is 0. The molecule has 0 fully saturated rings. The minimum absolute atomic E-state index is 0.100. The minimum Gasteiger partial charge on any atom is -0.462 e. The molecule has 0 aromatic rings. The molecule has 0 aliphatic rings. The van der Waals surface area contributed by atoms with Gasteiger partial charge in [0.05, 0.1) is 26.4 Å². The number of hydrogen-bond acceptors (Lipinski definition) is 15. The Kier molecular flexibility index (Phi) is 61.9. The molecule has 0 aromatic carbocycles. The Morgan fingerprint density at radius 1 is 0.341 bits per heavy atom. The van der Waals surface area contributed by atoms with Crippen molar-refractivity contribution in [3.05, 3.63) is 24.3 Å². The van der Waals surface area contributed by atoms with Crippen LogP contribution < -0.4 is 0 Å². The molecule has 2 unspecified atom stereocenters. The van der Waals surface area contributed by atoms with Crippen molar-refractivity contribution in [1.82, 2.24) is 0 Å². The Morgan fingerprint density at radius 2 is 0.593 bits per heavy atom. The Balaban J connectivity index is 5.26. The fraction of sp³-hybridized carbons (Fsp3) is 0.889. The van der Waals surface area contributed by atoms with E-state index < -0.39 is 97.5 Å². The number of hydrogen-bond donors (Lipinski definition) is 3. The van der Waals surface area contributed by atoms with E-state index in [0.717, 1.165) is 116 Å². The highest BCUT2D eigenvalue weighted by atomic mass is 31.2. The summed E-state index contributed by atoms with van der Waals surface area (Å²) in [5, 5.41) is 10.6. The van der Waals surface area contributed by atoms with Gasteiger partial charge >= 0.3 is 39.5 Å². The Morgan fingerprint density at radius 3 is 0.901 bits per heavy atom. The highest BCUT2D eigenvalue weighted by Gasteiger charge is 2.30. The van der Waals surface area contributed by atoms with Gasteiger partial charge in [0, 0.05) is 25.7 Å². The SMILES string of the molecule is CCCCCC/C=C\C=C/CCCCCCCC(=O)OC[C@H](COP(=O)(O)OC[C@@H](O)COP(=O)(O)OC[C@@H](COC(=O)CCCCCCCCC(C)C)OC(=O)CCCCCCCCCC(C)C)OC(=O)CCCCCCCCCCCCCCCCCCC. The van der Waals surface area contributed by atoms with Gasteiger partial charge in [-0.2, -0.15) is 0 Å². The molecular weight excluding hydrogens is 1200 g/mol. The number of allylic oxidation sites excluding steroid dienone is 4. The number of ether oxygens (including phenoxy) is 4. The van der Waals surface area contributed by atoms with E-state index in [-0.39, 0.29) is 25.7 Å². The van der Waals surface area contributed by atoms with Crippen molar-refractivity contribution in [2.45, 2.75) is 362 Å². The molecule has 91 heavy (non-hydrogen) atoms. The largest absolute Gasteiger partial charge is 0.472 e. The predicted octanol–water partition coefficient (Wildman–Crippen LogP) is 20.3. The van der Waals surface area contributed by atoms with Gasteiger partial charge in [0.2, 0.25) is 0 Å². The summed E-state index contributed by atoms with van der Waals surface area (Å²) in [5.74, 6) is -0.785. The van der Waals surface area contributed by atoms with E-state index in [4.69, 9.17) is 37.0 Å². The fourth-order valence-electron chi connectivity index (χ4n) is 10.4. The summed E-state index contributed by atoms with van der Waals surface area (Å²) in [7, 11) is -9.91. The number of unbranched alkanes of at least 4 members (excludes halogenated alkanes) is 36. The third-order valence-corrected chi connectivity index (χ3v) is 18.0. The highest BCUT2D eigenvalue weighted by molar-refractivity contribution is 7.47. The minimum atomic E-state index is -4.96. The van der Waals surface area contributed by atoms with E-state index in [1.807, 2.05) is 0 Å². The summed E-state index contributed by atoms with van der Waals surface area (Å²) >= 11 is 0. The zero-order chi connectivity index (χ0) is 67.2. The average molecular weight is 1340 g/mol. The first-order chi connectivity index (χ1) is 43.9. The summed E-state index contributed by atoms with van der Waals surface area (Å²) in [6.07, 6.45) is 52.5. The van der Waals surface area contributed by atoms with E-state index in [9.17, 15) is 43.2 Å². The number of aliphatic hydroxyl groups is 1.